The van der Waals surface area contributed by atoms with Crippen LogP contribution < -0.4 is 5.30 Å². The van der Waals surface area contributed by atoms with Crippen LogP contribution in [0, 0.1) is 5.82 Å². The molecule has 2 fully saturated rings. The predicted octanol–water partition coefficient (Wildman–Crippen LogP) is 6.33. The molecule has 0 amide bonds. The van der Waals surface area contributed by atoms with Crippen molar-refractivity contribution in [2.45, 2.75) is 75.5 Å². The van der Waals surface area contributed by atoms with Crippen molar-refractivity contribution in [3.8, 4) is 0 Å². The number of halogens is 2. The average Bonchev–Trinajstić information content (AvgIpc) is 2.58. The van der Waals surface area contributed by atoms with E-state index in [-0.39, 0.29) is 13.7 Å². The number of benzene rings is 1. The van der Waals surface area contributed by atoms with Crippen LogP contribution in [0.4, 0.5) is 4.39 Å². The van der Waals surface area contributed by atoms with E-state index in [2.05, 4.69) is 25.3 Å². The molecule has 0 nitrogen and oxygen atoms in total. The fraction of sp³-hybridized carbons (Fsp3) is 0.684. The molecular weight excluding hydrogens is 420 g/mol. The van der Waals surface area contributed by atoms with Crippen LogP contribution in [0.25, 0.3) is 0 Å². The van der Waals surface area contributed by atoms with E-state index in [1.165, 1.54) is 69.5 Å². The van der Waals surface area contributed by atoms with Gasteiger partial charge in [0.2, 0.25) is 0 Å². The molecule has 4 heteroatoms. The van der Waals surface area contributed by atoms with Crippen molar-refractivity contribution in [1.82, 2.24) is 0 Å². The van der Waals surface area contributed by atoms with E-state index in [1.807, 2.05) is 12.1 Å². The minimum absolute atomic E-state index is 0.0402. The first-order valence-electron chi connectivity index (χ1n) is 8.87. The fourth-order valence-corrected chi connectivity index (χ4v) is 7.89. The van der Waals surface area contributed by atoms with E-state index < -0.39 is 0 Å². The summed E-state index contributed by atoms with van der Waals surface area (Å²) in [6, 6.07) is 7.57. The van der Waals surface area contributed by atoms with Crippen molar-refractivity contribution in [3.05, 3.63) is 30.1 Å². The maximum atomic E-state index is 13.7. The molecule has 2 saturated carbocycles. The van der Waals surface area contributed by atoms with Crippen LogP contribution in [0.2, 0.25) is 0 Å². The molecular formula is C19H28ClFPPd. The van der Waals surface area contributed by atoms with Gasteiger partial charge in [-0.05, 0) is 54.4 Å². The Morgan fingerprint density at radius 1 is 0.957 bits per heavy atom. The van der Waals surface area contributed by atoms with Crippen molar-refractivity contribution in [2.24, 2.45) is 0 Å². The van der Waals surface area contributed by atoms with Crippen molar-refractivity contribution in [2.75, 3.05) is 4.35 Å². The fourth-order valence-electron chi connectivity index (χ4n) is 4.07. The van der Waals surface area contributed by atoms with Crippen LogP contribution in [0.15, 0.2) is 24.3 Å². The summed E-state index contributed by atoms with van der Waals surface area (Å²) in [5, 5.41) is 1.35. The Morgan fingerprint density at radius 3 is 1.87 bits per heavy atom. The maximum Gasteiger partial charge on any atom is 0.123 e. The first kappa shape index (κ1) is 19.9. The Kier molecular flexibility index (Phi) is 9.67. The number of alkyl halides is 1. The molecule has 0 spiro atoms. The SMILES string of the molecule is Cl[CH2][Pd].Fc1cccc(P(C2CCCCC2)C2CCCCC2)c1. The Labute approximate surface area is 158 Å². The second kappa shape index (κ2) is 11.2. The summed E-state index contributed by atoms with van der Waals surface area (Å²) in [6.07, 6.45) is 13.9. The minimum atomic E-state index is -0.148. The Morgan fingerprint density at radius 2 is 1.43 bits per heavy atom. The standard InChI is InChI=1S/C18H26FP.CH2Cl.Pd/c19-15-8-7-13-18(14-15)20(16-9-3-1-4-10-16)17-11-5-2-6-12-17;1-2;/h7-8,13-14,16-17H,1-6,9-12H2;1H2;. The molecule has 0 N–H and O–H groups in total. The quantitative estimate of drug-likeness (QED) is 0.288. The molecule has 0 saturated heterocycles. The molecule has 23 heavy (non-hydrogen) atoms. The Hall–Kier alpha value is 0.532. The minimum Gasteiger partial charge on any atom is -0.207 e. The number of hydrogen-bond donors (Lipinski definition) is 0. The van der Waals surface area contributed by atoms with Gasteiger partial charge < -0.3 is 0 Å². The van der Waals surface area contributed by atoms with Crippen molar-refractivity contribution in [1.29, 1.82) is 0 Å². The molecule has 0 heterocycles. The van der Waals surface area contributed by atoms with Gasteiger partial charge in [0, 0.05) is 0 Å². The van der Waals surface area contributed by atoms with Gasteiger partial charge in [0.1, 0.15) is 5.82 Å². The number of rotatable bonds is 3. The van der Waals surface area contributed by atoms with Crippen molar-refractivity contribution < 1.29 is 23.6 Å². The zero-order valence-electron chi connectivity index (χ0n) is 13.8. The van der Waals surface area contributed by atoms with E-state index in [0.717, 1.165) is 11.3 Å². The third-order valence-electron chi connectivity index (χ3n) is 5.04. The molecule has 0 aliphatic heterocycles. The van der Waals surface area contributed by atoms with Crippen LogP contribution >= 0.6 is 19.5 Å². The zero-order valence-corrected chi connectivity index (χ0v) is 17.0. The van der Waals surface area contributed by atoms with Gasteiger partial charge >= 0.3 is 35.2 Å². The van der Waals surface area contributed by atoms with Gasteiger partial charge in [-0.25, -0.2) is 4.39 Å². The molecule has 1 aromatic rings. The zero-order chi connectivity index (χ0) is 16.5. The summed E-state index contributed by atoms with van der Waals surface area (Å²) in [5.74, 6) is -0.0402. The van der Waals surface area contributed by atoms with Crippen LogP contribution in [0.5, 0.6) is 0 Å². The van der Waals surface area contributed by atoms with Gasteiger partial charge in [0.05, 0.1) is 0 Å². The molecule has 0 aromatic heterocycles. The summed E-state index contributed by atoms with van der Waals surface area (Å²) in [6.45, 7) is 0. The summed E-state index contributed by atoms with van der Waals surface area (Å²) in [7, 11) is -0.148. The van der Waals surface area contributed by atoms with E-state index in [1.54, 1.807) is 6.07 Å². The van der Waals surface area contributed by atoms with Gasteiger partial charge in [0.15, 0.2) is 0 Å². The summed E-state index contributed by atoms with van der Waals surface area (Å²) in [4.78, 5) is 0. The van der Waals surface area contributed by atoms with Gasteiger partial charge in [0.25, 0.3) is 0 Å². The van der Waals surface area contributed by atoms with Crippen LogP contribution in [-0.4, -0.2) is 15.7 Å². The average molecular weight is 448 g/mol. The van der Waals surface area contributed by atoms with Crippen molar-refractivity contribution in [3.63, 3.8) is 0 Å². The number of hydrogen-bond acceptors (Lipinski definition) is 0. The van der Waals surface area contributed by atoms with Crippen molar-refractivity contribution >= 4 is 24.8 Å². The van der Waals surface area contributed by atoms with Gasteiger partial charge in [-0.2, -0.15) is 0 Å². The molecule has 0 unspecified atom stereocenters. The second-order valence-electron chi connectivity index (χ2n) is 6.56. The maximum absolute atomic E-state index is 13.7. The molecule has 2 aliphatic carbocycles. The van der Waals surface area contributed by atoms with Gasteiger partial charge in [-0.3, -0.25) is 0 Å². The second-order valence-corrected chi connectivity index (χ2v) is 10.8. The van der Waals surface area contributed by atoms with E-state index in [9.17, 15) is 4.39 Å². The smallest absolute Gasteiger partial charge is 0.123 e. The molecule has 1 aromatic carbocycles. The summed E-state index contributed by atoms with van der Waals surface area (Å²) in [5.41, 5.74) is 1.73. The first-order chi connectivity index (χ1) is 11.3. The monoisotopic (exact) mass is 447 g/mol. The van der Waals surface area contributed by atoms with E-state index in [0.29, 0.717) is 4.35 Å². The van der Waals surface area contributed by atoms with Crippen LogP contribution in [0.1, 0.15) is 64.2 Å². The first-order valence-corrected chi connectivity index (χ1v) is 12.0. The van der Waals surface area contributed by atoms with E-state index in [4.69, 9.17) is 11.6 Å². The topological polar surface area (TPSA) is 0 Å². The molecule has 2 aliphatic rings. The normalized spacial score (nSPS) is 20.2. The Bertz CT molecular complexity index is 427. The molecule has 0 atom stereocenters. The van der Waals surface area contributed by atoms with Crippen LogP contribution in [-0.2, 0) is 19.2 Å². The molecule has 0 bridgehead atoms. The summed E-state index contributed by atoms with van der Waals surface area (Å²) < 4.78 is 14.2. The third-order valence-corrected chi connectivity index (χ3v) is 8.52. The largest absolute Gasteiger partial charge is 0.207 e. The third kappa shape index (κ3) is 6.40. The van der Waals surface area contributed by atoms with E-state index >= 15 is 0 Å². The molecule has 133 valence electrons. The molecule has 3 rings (SSSR count). The molecule has 0 radical (unpaired) electrons. The predicted molar refractivity (Wildman–Crippen MR) is 97.4 cm³/mol. The van der Waals surface area contributed by atoms with Gasteiger partial charge in [-0.1, -0.05) is 58.6 Å². The van der Waals surface area contributed by atoms with Gasteiger partial charge in [-0.15, -0.1) is 0 Å². The Balaban J connectivity index is 0.000000595. The van der Waals surface area contributed by atoms with Crippen LogP contribution in [0.3, 0.4) is 0 Å². The summed E-state index contributed by atoms with van der Waals surface area (Å²) >= 11 is 7.64.